The van der Waals surface area contributed by atoms with Gasteiger partial charge in [-0.2, -0.15) is 5.10 Å². The number of carbonyl (C=O) groups excluding carboxylic acids is 1. The first kappa shape index (κ1) is 8.95. The van der Waals surface area contributed by atoms with Gasteiger partial charge in [0.15, 0.2) is 11.5 Å². The van der Waals surface area contributed by atoms with Crippen molar-refractivity contribution in [3.63, 3.8) is 0 Å². The molecule has 0 radical (unpaired) electrons. The third-order valence-corrected chi connectivity index (χ3v) is 1.36. The van der Waals surface area contributed by atoms with Gasteiger partial charge in [0, 0.05) is 7.05 Å². The molecule has 5 nitrogen and oxygen atoms in total. The molecule has 0 saturated carbocycles. The van der Waals surface area contributed by atoms with Gasteiger partial charge in [0.1, 0.15) is 0 Å². The highest BCUT2D eigenvalue weighted by molar-refractivity contribution is 6.14. The van der Waals surface area contributed by atoms with Crippen molar-refractivity contribution in [3.8, 4) is 0 Å². The SMILES string of the molecule is Cn1ncc(F)c1C(=O)NNCl. The summed E-state index contributed by atoms with van der Waals surface area (Å²) in [7, 11) is 1.45. The third kappa shape index (κ3) is 1.54. The Balaban J connectivity index is 2.93. The molecule has 0 fully saturated rings. The normalized spacial score (nSPS) is 9.92. The zero-order valence-electron chi connectivity index (χ0n) is 6.14. The van der Waals surface area contributed by atoms with Crippen molar-refractivity contribution < 1.29 is 9.18 Å². The molecule has 0 aromatic carbocycles. The molecule has 1 rings (SSSR count). The number of hydrogen-bond acceptors (Lipinski definition) is 3. The molecule has 0 bridgehead atoms. The van der Waals surface area contributed by atoms with Gasteiger partial charge in [-0.15, -0.1) is 4.94 Å². The van der Waals surface area contributed by atoms with E-state index in [2.05, 4.69) is 5.10 Å². The van der Waals surface area contributed by atoms with Crippen LogP contribution in [0.4, 0.5) is 4.39 Å². The molecule has 2 N–H and O–H groups in total. The van der Waals surface area contributed by atoms with Gasteiger partial charge >= 0.3 is 0 Å². The maximum atomic E-state index is 12.8. The van der Waals surface area contributed by atoms with Gasteiger partial charge < -0.3 is 0 Å². The first-order valence-electron chi connectivity index (χ1n) is 3.00. The summed E-state index contributed by atoms with van der Waals surface area (Å²) in [6.07, 6.45) is 0.948. The number of hydrogen-bond donors (Lipinski definition) is 2. The van der Waals surface area contributed by atoms with Gasteiger partial charge in [-0.25, -0.2) is 4.39 Å². The largest absolute Gasteiger partial charge is 0.287 e. The third-order valence-electron chi connectivity index (χ3n) is 1.27. The minimum Gasteiger partial charge on any atom is -0.272 e. The highest BCUT2D eigenvalue weighted by Gasteiger charge is 2.15. The summed E-state index contributed by atoms with van der Waals surface area (Å²) < 4.78 is 13.9. The molecule has 0 aliphatic carbocycles. The van der Waals surface area contributed by atoms with Crippen LogP contribution in [0.3, 0.4) is 0 Å². The van der Waals surface area contributed by atoms with E-state index in [-0.39, 0.29) is 5.69 Å². The van der Waals surface area contributed by atoms with E-state index < -0.39 is 11.7 Å². The van der Waals surface area contributed by atoms with Crippen molar-refractivity contribution in [2.24, 2.45) is 7.05 Å². The molecule has 0 unspecified atom stereocenters. The van der Waals surface area contributed by atoms with Gasteiger partial charge in [0.25, 0.3) is 5.91 Å². The maximum absolute atomic E-state index is 12.8. The maximum Gasteiger partial charge on any atom is 0.287 e. The molecule has 0 saturated heterocycles. The van der Waals surface area contributed by atoms with Gasteiger partial charge in [0.05, 0.1) is 6.20 Å². The topological polar surface area (TPSA) is 59.0 Å². The molecule has 0 atom stereocenters. The van der Waals surface area contributed by atoms with Crippen molar-refractivity contribution in [3.05, 3.63) is 17.7 Å². The molecule has 1 amide bonds. The van der Waals surface area contributed by atoms with Gasteiger partial charge in [0.2, 0.25) is 0 Å². The van der Waals surface area contributed by atoms with E-state index in [1.165, 1.54) is 7.05 Å². The predicted octanol–water partition coefficient (Wildman–Crippen LogP) is -0.0526. The summed E-state index contributed by atoms with van der Waals surface area (Å²) in [6.45, 7) is 0. The average Bonchev–Trinajstić information content (AvgIpc) is 2.32. The van der Waals surface area contributed by atoms with Crippen LogP contribution >= 0.6 is 11.8 Å². The lowest BCUT2D eigenvalue weighted by atomic mass is 10.4. The Labute approximate surface area is 72.6 Å². The number of hydrazine groups is 1. The van der Waals surface area contributed by atoms with E-state index >= 15 is 0 Å². The summed E-state index contributed by atoms with van der Waals surface area (Å²) in [4.78, 5) is 12.9. The average molecular weight is 193 g/mol. The monoisotopic (exact) mass is 192 g/mol. The van der Waals surface area contributed by atoms with Crippen LogP contribution in [0.25, 0.3) is 0 Å². The molecule has 1 aromatic rings. The Morgan fingerprint density at radius 3 is 2.92 bits per heavy atom. The number of aryl methyl sites for hydroxylation is 1. The molecule has 7 heteroatoms. The van der Waals surface area contributed by atoms with Crippen LogP contribution in [0, 0.1) is 5.82 Å². The van der Waals surface area contributed by atoms with E-state index in [0.29, 0.717) is 0 Å². The van der Waals surface area contributed by atoms with Crippen LogP contribution < -0.4 is 10.4 Å². The summed E-state index contributed by atoms with van der Waals surface area (Å²) >= 11 is 4.98. The minimum atomic E-state index is -0.693. The van der Waals surface area contributed by atoms with E-state index in [4.69, 9.17) is 11.8 Å². The number of amides is 1. The fourth-order valence-corrected chi connectivity index (χ4v) is 0.854. The first-order valence-corrected chi connectivity index (χ1v) is 3.38. The van der Waals surface area contributed by atoms with Crippen molar-refractivity contribution in [2.45, 2.75) is 0 Å². The number of nitrogens with zero attached hydrogens (tertiary/aromatic N) is 2. The molecular formula is C5H6ClFN4O. The Morgan fingerprint density at radius 2 is 2.50 bits per heavy atom. The fourth-order valence-electron chi connectivity index (χ4n) is 0.768. The lowest BCUT2D eigenvalue weighted by molar-refractivity contribution is 0.0932. The highest BCUT2D eigenvalue weighted by Crippen LogP contribution is 2.03. The second kappa shape index (κ2) is 3.51. The minimum absolute atomic E-state index is 0.178. The van der Waals surface area contributed by atoms with Crippen LogP contribution in [0.5, 0.6) is 0 Å². The molecule has 66 valence electrons. The van der Waals surface area contributed by atoms with Crippen molar-refractivity contribution >= 4 is 17.7 Å². The van der Waals surface area contributed by atoms with Gasteiger partial charge in [-0.3, -0.25) is 14.9 Å². The lowest BCUT2D eigenvalue weighted by Crippen LogP contribution is -2.32. The Bertz CT molecular complexity index is 280. The summed E-state index contributed by atoms with van der Waals surface area (Å²) in [5, 5.41) is 3.53. The molecule has 1 heterocycles. The predicted molar refractivity (Wildman–Crippen MR) is 39.6 cm³/mol. The Kier molecular flexibility index (Phi) is 2.61. The highest BCUT2D eigenvalue weighted by atomic mass is 35.5. The zero-order valence-corrected chi connectivity index (χ0v) is 6.89. The number of nitrogens with one attached hydrogen (secondary N) is 2. The van der Waals surface area contributed by atoms with Crippen LogP contribution in [0.1, 0.15) is 10.5 Å². The molecule has 12 heavy (non-hydrogen) atoms. The Hall–Kier alpha value is -1.14. The molecule has 1 aromatic heterocycles. The van der Waals surface area contributed by atoms with E-state index in [9.17, 15) is 9.18 Å². The number of rotatable bonds is 2. The second-order valence-corrected chi connectivity index (χ2v) is 2.20. The quantitative estimate of drug-likeness (QED) is 0.510. The molecule has 0 spiro atoms. The first-order chi connectivity index (χ1) is 5.66. The molecule has 0 aliphatic heterocycles. The van der Waals surface area contributed by atoms with Gasteiger partial charge in [-0.1, -0.05) is 0 Å². The molecular weight excluding hydrogens is 187 g/mol. The van der Waals surface area contributed by atoms with E-state index in [0.717, 1.165) is 10.9 Å². The van der Waals surface area contributed by atoms with Gasteiger partial charge in [-0.05, 0) is 11.8 Å². The standard InChI is InChI=1S/C5H6ClFN4O/c1-11-4(3(7)2-8-11)5(12)9-10-6/h2,10H,1H3,(H,9,12). The fraction of sp³-hybridized carbons (Fsp3) is 0.200. The van der Waals surface area contributed by atoms with Crippen LogP contribution in [0.15, 0.2) is 6.20 Å². The van der Waals surface area contributed by atoms with Crippen LogP contribution in [-0.2, 0) is 7.05 Å². The smallest absolute Gasteiger partial charge is 0.272 e. The zero-order chi connectivity index (χ0) is 9.14. The van der Waals surface area contributed by atoms with Crippen molar-refractivity contribution in [2.75, 3.05) is 0 Å². The number of halogens is 2. The van der Waals surface area contributed by atoms with E-state index in [1.807, 2.05) is 10.4 Å². The Morgan fingerprint density at radius 1 is 1.83 bits per heavy atom. The van der Waals surface area contributed by atoms with Crippen molar-refractivity contribution in [1.29, 1.82) is 0 Å². The summed E-state index contributed by atoms with van der Waals surface area (Å²) in [5.41, 5.74) is 1.83. The van der Waals surface area contributed by atoms with Crippen LogP contribution in [0.2, 0.25) is 0 Å². The number of aromatic nitrogens is 2. The number of carbonyl (C=O) groups is 1. The molecule has 0 aliphatic rings. The van der Waals surface area contributed by atoms with E-state index in [1.54, 1.807) is 0 Å². The summed E-state index contributed by atoms with van der Waals surface area (Å²) in [6, 6.07) is 0. The summed E-state index contributed by atoms with van der Waals surface area (Å²) in [5.74, 6) is -1.37. The lowest BCUT2D eigenvalue weighted by Gasteiger charge is -2.00. The van der Waals surface area contributed by atoms with Crippen LogP contribution in [-0.4, -0.2) is 15.7 Å². The van der Waals surface area contributed by atoms with Crippen molar-refractivity contribution in [1.82, 2.24) is 20.2 Å². The second-order valence-electron chi connectivity index (χ2n) is 2.01.